The van der Waals surface area contributed by atoms with Gasteiger partial charge in [-0.15, -0.1) is 10.2 Å². The van der Waals surface area contributed by atoms with Gasteiger partial charge in [-0.3, -0.25) is 9.59 Å². The molecule has 200 valence electrons. The summed E-state index contributed by atoms with van der Waals surface area (Å²) in [5, 5.41) is 23.4. The highest BCUT2D eigenvalue weighted by Crippen LogP contribution is 2.16. The molecule has 0 saturated carbocycles. The molecule has 0 aliphatic rings. The van der Waals surface area contributed by atoms with E-state index >= 15 is 0 Å². The summed E-state index contributed by atoms with van der Waals surface area (Å²) < 4.78 is 10.3. The zero-order valence-corrected chi connectivity index (χ0v) is 20.4. The fourth-order valence-electron chi connectivity index (χ4n) is 3.38. The van der Waals surface area contributed by atoms with Crippen molar-refractivity contribution >= 4 is 23.8 Å². The van der Waals surface area contributed by atoms with Crippen LogP contribution in [0.5, 0.6) is 0 Å². The summed E-state index contributed by atoms with van der Waals surface area (Å²) in [6.45, 7) is -0.545. The average Bonchev–Trinajstić information content (AvgIpc) is 3.63. The van der Waals surface area contributed by atoms with Gasteiger partial charge in [-0.05, 0) is 22.9 Å². The smallest absolute Gasteiger partial charge is 0.408 e. The number of aliphatic carboxylic acids is 1. The summed E-state index contributed by atoms with van der Waals surface area (Å²) in [4.78, 5) is 56.4. The third kappa shape index (κ3) is 7.79. The first-order chi connectivity index (χ1) is 18.9. The van der Waals surface area contributed by atoms with E-state index in [2.05, 4.69) is 30.7 Å². The van der Waals surface area contributed by atoms with Crippen molar-refractivity contribution in [2.24, 2.45) is 0 Å². The van der Waals surface area contributed by atoms with E-state index in [4.69, 9.17) is 9.47 Å². The van der Waals surface area contributed by atoms with E-state index in [9.17, 15) is 24.3 Å². The second kappa shape index (κ2) is 12.7. The van der Waals surface area contributed by atoms with Crippen LogP contribution in [0.25, 0.3) is 11.4 Å². The van der Waals surface area contributed by atoms with Gasteiger partial charge < -0.3 is 24.9 Å². The van der Waals surface area contributed by atoms with Crippen LogP contribution in [0.2, 0.25) is 0 Å². The first kappa shape index (κ1) is 26.7. The maximum absolute atomic E-state index is 12.8. The number of esters is 1. The number of hydrogen-bond donors (Lipinski definition) is 3. The Morgan fingerprint density at radius 3 is 2.59 bits per heavy atom. The number of nitrogens with one attached hydrogen (secondary N) is 2. The summed E-state index contributed by atoms with van der Waals surface area (Å²) in [6.07, 6.45) is 1.55. The molecule has 0 fully saturated rings. The zero-order chi connectivity index (χ0) is 27.6. The standard InChI is InChI=1S/C25H23N7O7/c33-20(19(12-22(34)35)28-25(37)39-14-16-5-2-1-3-6-16)13-32-30-23(29-31-32)17-7-4-8-18(11-17)24(36)38-15-21-26-9-10-27-21/h1-11,19H,12-15H2,(H,26,27)(H,28,37)(H,34,35). The molecule has 2 aromatic heterocycles. The Labute approximate surface area is 221 Å². The molecule has 0 radical (unpaired) electrons. The zero-order valence-electron chi connectivity index (χ0n) is 20.4. The van der Waals surface area contributed by atoms with E-state index in [0.29, 0.717) is 11.4 Å². The number of carboxylic acid groups (broad SMARTS) is 1. The quantitative estimate of drug-likeness (QED) is 0.225. The van der Waals surface area contributed by atoms with Crippen LogP contribution in [0.4, 0.5) is 4.79 Å². The Bertz CT molecular complexity index is 1440. The largest absolute Gasteiger partial charge is 0.481 e. The van der Waals surface area contributed by atoms with Crippen LogP contribution in [-0.4, -0.2) is 65.1 Å². The first-order valence-corrected chi connectivity index (χ1v) is 11.6. The summed E-state index contributed by atoms with van der Waals surface area (Å²) in [5.41, 5.74) is 1.40. The lowest BCUT2D eigenvalue weighted by molar-refractivity contribution is -0.139. The number of amides is 1. The van der Waals surface area contributed by atoms with E-state index in [0.717, 1.165) is 10.4 Å². The highest BCUT2D eigenvalue weighted by molar-refractivity contribution is 5.91. The summed E-state index contributed by atoms with van der Waals surface area (Å²) in [5.74, 6) is -1.94. The van der Waals surface area contributed by atoms with Gasteiger partial charge in [0.15, 0.2) is 5.78 Å². The molecule has 1 atom stereocenters. The molecule has 0 spiro atoms. The number of carboxylic acids is 1. The molecule has 14 heteroatoms. The summed E-state index contributed by atoms with van der Waals surface area (Å²) in [6, 6.07) is 13.8. The molecule has 4 aromatic rings. The predicted molar refractivity (Wildman–Crippen MR) is 132 cm³/mol. The molecule has 4 rings (SSSR count). The average molecular weight is 534 g/mol. The van der Waals surface area contributed by atoms with E-state index in [1.54, 1.807) is 54.9 Å². The molecule has 14 nitrogen and oxygen atoms in total. The van der Waals surface area contributed by atoms with Crippen LogP contribution in [-0.2, 0) is 38.8 Å². The molecule has 3 N–H and O–H groups in total. The van der Waals surface area contributed by atoms with E-state index in [1.165, 1.54) is 6.07 Å². The Morgan fingerprint density at radius 1 is 1.03 bits per heavy atom. The van der Waals surface area contributed by atoms with Crippen LogP contribution in [0, 0.1) is 0 Å². The van der Waals surface area contributed by atoms with Gasteiger partial charge in [0.25, 0.3) is 0 Å². The van der Waals surface area contributed by atoms with Crippen molar-refractivity contribution in [2.45, 2.75) is 32.2 Å². The lowest BCUT2D eigenvalue weighted by Crippen LogP contribution is -2.44. The Morgan fingerprint density at radius 2 is 1.85 bits per heavy atom. The molecule has 1 unspecified atom stereocenters. The number of benzene rings is 2. The van der Waals surface area contributed by atoms with Crippen molar-refractivity contribution < 1.29 is 33.8 Å². The number of hydrogen-bond acceptors (Lipinski definition) is 10. The third-order valence-electron chi connectivity index (χ3n) is 5.27. The molecule has 39 heavy (non-hydrogen) atoms. The SMILES string of the molecule is O=C(O)CC(NC(=O)OCc1ccccc1)C(=O)Cn1nnc(-c2cccc(C(=O)OCc3ncc[nH]3)c2)n1. The number of Topliss-reactive ketones (excluding diaryl/α,β-unsaturated/α-hetero) is 1. The van der Waals surface area contributed by atoms with Crippen LogP contribution >= 0.6 is 0 Å². The molecular weight excluding hydrogens is 510 g/mol. The topological polar surface area (TPSA) is 191 Å². The Kier molecular flexibility index (Phi) is 8.69. The van der Waals surface area contributed by atoms with E-state index in [1.807, 2.05) is 6.07 Å². The number of aromatic amines is 1. The molecule has 2 aromatic carbocycles. The minimum absolute atomic E-state index is 0.0298. The second-order valence-electron chi connectivity index (χ2n) is 8.16. The number of carbonyl (C=O) groups excluding carboxylic acids is 3. The van der Waals surface area contributed by atoms with Gasteiger partial charge in [0.1, 0.15) is 31.6 Å². The number of tetrazole rings is 1. The molecule has 0 saturated heterocycles. The number of aromatic nitrogens is 6. The fourth-order valence-corrected chi connectivity index (χ4v) is 3.38. The van der Waals surface area contributed by atoms with E-state index in [-0.39, 0.29) is 24.6 Å². The Hall–Kier alpha value is -5.40. The maximum atomic E-state index is 12.8. The van der Waals surface area contributed by atoms with Crippen molar-refractivity contribution in [1.82, 2.24) is 35.5 Å². The van der Waals surface area contributed by atoms with Gasteiger partial charge in [0.05, 0.1) is 12.0 Å². The lowest BCUT2D eigenvalue weighted by Gasteiger charge is -2.15. The number of alkyl carbamates (subject to hydrolysis) is 1. The summed E-state index contributed by atoms with van der Waals surface area (Å²) >= 11 is 0. The van der Waals surface area contributed by atoms with Gasteiger partial charge >= 0.3 is 18.0 Å². The van der Waals surface area contributed by atoms with Crippen molar-refractivity contribution in [3.05, 3.63) is 83.9 Å². The molecule has 0 aliphatic heterocycles. The van der Waals surface area contributed by atoms with Crippen LogP contribution in [0.15, 0.2) is 67.0 Å². The number of H-pyrrole nitrogens is 1. The fraction of sp³-hybridized carbons (Fsp3) is 0.200. The number of rotatable bonds is 12. The van der Waals surface area contributed by atoms with Crippen molar-refractivity contribution in [3.8, 4) is 11.4 Å². The monoisotopic (exact) mass is 533 g/mol. The van der Waals surface area contributed by atoms with Crippen LogP contribution < -0.4 is 5.32 Å². The molecular formula is C25H23N7O7. The van der Waals surface area contributed by atoms with Crippen LogP contribution in [0.1, 0.15) is 28.2 Å². The van der Waals surface area contributed by atoms with Gasteiger partial charge in [0.2, 0.25) is 5.82 Å². The van der Waals surface area contributed by atoms with Gasteiger partial charge in [0, 0.05) is 18.0 Å². The van der Waals surface area contributed by atoms with Crippen LogP contribution in [0.3, 0.4) is 0 Å². The van der Waals surface area contributed by atoms with Crippen molar-refractivity contribution in [3.63, 3.8) is 0 Å². The predicted octanol–water partition coefficient (Wildman–Crippen LogP) is 1.76. The molecule has 2 heterocycles. The molecule has 1 amide bonds. The van der Waals surface area contributed by atoms with Gasteiger partial charge in [-0.1, -0.05) is 42.5 Å². The molecule has 0 aliphatic carbocycles. The van der Waals surface area contributed by atoms with Crippen molar-refractivity contribution in [2.75, 3.05) is 0 Å². The minimum atomic E-state index is -1.38. The highest BCUT2D eigenvalue weighted by atomic mass is 16.5. The van der Waals surface area contributed by atoms with Gasteiger partial charge in [-0.2, -0.15) is 4.80 Å². The molecule has 0 bridgehead atoms. The minimum Gasteiger partial charge on any atom is -0.481 e. The number of imidazole rings is 1. The lowest BCUT2D eigenvalue weighted by atomic mass is 10.1. The second-order valence-corrected chi connectivity index (χ2v) is 8.16. The number of ether oxygens (including phenoxy) is 2. The Balaban J connectivity index is 1.36. The van der Waals surface area contributed by atoms with E-state index < -0.39 is 42.8 Å². The number of nitrogens with zero attached hydrogens (tertiary/aromatic N) is 5. The first-order valence-electron chi connectivity index (χ1n) is 11.6. The number of ketones is 1. The third-order valence-corrected chi connectivity index (χ3v) is 5.27. The maximum Gasteiger partial charge on any atom is 0.408 e. The van der Waals surface area contributed by atoms with Gasteiger partial charge in [-0.25, -0.2) is 14.6 Å². The highest BCUT2D eigenvalue weighted by Gasteiger charge is 2.25. The summed E-state index contributed by atoms with van der Waals surface area (Å²) in [7, 11) is 0. The number of carbonyl (C=O) groups is 4. The van der Waals surface area contributed by atoms with Crippen molar-refractivity contribution in [1.29, 1.82) is 0 Å². The normalized spacial score (nSPS) is 11.4.